The number of urea groups is 1. The highest BCUT2D eigenvalue weighted by atomic mass is 16.2. The van der Waals surface area contributed by atoms with Crippen LogP contribution in [0.4, 0.5) is 4.79 Å². The summed E-state index contributed by atoms with van der Waals surface area (Å²) in [7, 11) is 3.26. The number of amides is 3. The van der Waals surface area contributed by atoms with E-state index in [0.717, 1.165) is 26.1 Å². The van der Waals surface area contributed by atoms with Gasteiger partial charge >= 0.3 is 6.03 Å². The van der Waals surface area contributed by atoms with E-state index >= 15 is 0 Å². The van der Waals surface area contributed by atoms with Gasteiger partial charge in [0.25, 0.3) is 0 Å². The molecule has 1 rings (SSSR count). The molecule has 1 aliphatic heterocycles. The molecule has 0 aromatic rings. The number of rotatable bonds is 9. The van der Waals surface area contributed by atoms with Crippen molar-refractivity contribution >= 4 is 11.9 Å². The molecule has 1 saturated heterocycles. The Morgan fingerprint density at radius 1 is 1.30 bits per heavy atom. The van der Waals surface area contributed by atoms with Crippen LogP contribution in [-0.4, -0.2) is 75.7 Å². The largest absolute Gasteiger partial charge is 0.359 e. The van der Waals surface area contributed by atoms with E-state index in [-0.39, 0.29) is 18.0 Å². The fourth-order valence-electron chi connectivity index (χ4n) is 2.85. The average molecular weight is 328 g/mol. The molecule has 0 saturated carbocycles. The van der Waals surface area contributed by atoms with Gasteiger partial charge in [0.05, 0.1) is 0 Å². The van der Waals surface area contributed by atoms with Crippen molar-refractivity contribution in [2.24, 2.45) is 11.7 Å². The molecule has 0 radical (unpaired) electrons. The zero-order chi connectivity index (χ0) is 17.2. The summed E-state index contributed by atoms with van der Waals surface area (Å²) in [5.41, 5.74) is 5.74. The van der Waals surface area contributed by atoms with Crippen LogP contribution in [0.1, 0.15) is 19.8 Å². The molecular formula is C15H32N6O2. The first-order valence-electron chi connectivity index (χ1n) is 8.33. The molecule has 134 valence electrons. The lowest BCUT2D eigenvalue weighted by atomic mass is 10.1. The van der Waals surface area contributed by atoms with Crippen LogP contribution in [-0.2, 0) is 4.79 Å². The standard InChI is InChI=1S/C15H32N6O2/c1-11(7-16)9-21-10-12(20-15(23)18-3)6-13(21)8-19-5-4-14(22)17-2/h11-13,19H,4-10,16H2,1-3H3,(H,17,22)(H2,18,20,23)/t11-,12+,13-/m0/s1. The molecular weight excluding hydrogens is 296 g/mol. The lowest BCUT2D eigenvalue weighted by Crippen LogP contribution is -2.43. The summed E-state index contributed by atoms with van der Waals surface area (Å²) in [6.07, 6.45) is 1.38. The van der Waals surface area contributed by atoms with Crippen LogP contribution in [0, 0.1) is 5.92 Å². The van der Waals surface area contributed by atoms with Crippen LogP contribution in [0.2, 0.25) is 0 Å². The highest BCUT2D eigenvalue weighted by molar-refractivity contribution is 5.75. The van der Waals surface area contributed by atoms with Crippen LogP contribution >= 0.6 is 0 Å². The van der Waals surface area contributed by atoms with Crippen LogP contribution < -0.4 is 27.0 Å². The molecule has 1 aliphatic rings. The molecule has 8 heteroatoms. The number of nitrogens with two attached hydrogens (primary N) is 1. The van der Waals surface area contributed by atoms with E-state index < -0.39 is 0 Å². The normalized spacial score (nSPS) is 22.6. The molecule has 3 atom stereocenters. The third-order valence-electron chi connectivity index (χ3n) is 4.23. The Bertz CT molecular complexity index is 379. The maximum Gasteiger partial charge on any atom is 0.314 e. The second kappa shape index (κ2) is 10.4. The van der Waals surface area contributed by atoms with Gasteiger partial charge in [-0.3, -0.25) is 9.69 Å². The van der Waals surface area contributed by atoms with Crippen molar-refractivity contribution < 1.29 is 9.59 Å². The molecule has 6 N–H and O–H groups in total. The van der Waals surface area contributed by atoms with Crippen molar-refractivity contribution in [1.29, 1.82) is 0 Å². The summed E-state index contributed by atoms with van der Waals surface area (Å²) < 4.78 is 0. The Labute approximate surface area is 138 Å². The van der Waals surface area contributed by atoms with Gasteiger partial charge in [0.2, 0.25) is 5.91 Å². The number of nitrogens with zero attached hydrogens (tertiary/aromatic N) is 1. The van der Waals surface area contributed by atoms with Crippen molar-refractivity contribution in [2.75, 3.05) is 46.8 Å². The van der Waals surface area contributed by atoms with Crippen LogP contribution in [0.25, 0.3) is 0 Å². The molecule has 0 aliphatic carbocycles. The molecule has 8 nitrogen and oxygen atoms in total. The fraction of sp³-hybridized carbons (Fsp3) is 0.867. The summed E-state index contributed by atoms with van der Waals surface area (Å²) in [6, 6.07) is 0.344. The number of nitrogens with one attached hydrogen (secondary N) is 4. The van der Waals surface area contributed by atoms with E-state index in [1.165, 1.54) is 0 Å². The van der Waals surface area contributed by atoms with Gasteiger partial charge in [0.1, 0.15) is 0 Å². The fourth-order valence-corrected chi connectivity index (χ4v) is 2.85. The third-order valence-corrected chi connectivity index (χ3v) is 4.23. The predicted octanol–water partition coefficient (Wildman–Crippen LogP) is -1.32. The second-order valence-electron chi connectivity index (χ2n) is 6.23. The SMILES string of the molecule is CNC(=O)CCNC[C@@H]1C[C@@H](NC(=O)NC)CN1C[C@@H](C)CN. The van der Waals surface area contributed by atoms with Crippen molar-refractivity contribution in [2.45, 2.75) is 31.8 Å². The van der Waals surface area contributed by atoms with E-state index in [4.69, 9.17) is 5.73 Å². The topological polar surface area (TPSA) is 112 Å². The molecule has 0 spiro atoms. The van der Waals surface area contributed by atoms with E-state index in [9.17, 15) is 9.59 Å². The number of hydrogen-bond acceptors (Lipinski definition) is 5. The highest BCUT2D eigenvalue weighted by Crippen LogP contribution is 2.19. The zero-order valence-electron chi connectivity index (χ0n) is 14.5. The smallest absolute Gasteiger partial charge is 0.314 e. The zero-order valence-corrected chi connectivity index (χ0v) is 14.5. The molecule has 0 bridgehead atoms. The van der Waals surface area contributed by atoms with E-state index in [0.29, 0.717) is 31.5 Å². The van der Waals surface area contributed by atoms with Crippen LogP contribution in [0.15, 0.2) is 0 Å². The summed E-state index contributed by atoms with van der Waals surface area (Å²) >= 11 is 0. The predicted molar refractivity (Wildman–Crippen MR) is 91.1 cm³/mol. The number of carbonyl (C=O) groups excluding carboxylic acids is 2. The van der Waals surface area contributed by atoms with Gasteiger partial charge in [-0.1, -0.05) is 6.92 Å². The Morgan fingerprint density at radius 2 is 2.04 bits per heavy atom. The third kappa shape index (κ3) is 7.15. The molecule has 0 aromatic heterocycles. The molecule has 0 aromatic carbocycles. The monoisotopic (exact) mass is 328 g/mol. The van der Waals surface area contributed by atoms with Gasteiger partial charge in [0, 0.05) is 58.8 Å². The number of hydrogen-bond donors (Lipinski definition) is 5. The molecule has 1 fully saturated rings. The van der Waals surface area contributed by atoms with Crippen molar-refractivity contribution in [3.05, 3.63) is 0 Å². The van der Waals surface area contributed by atoms with Crippen molar-refractivity contribution in [3.8, 4) is 0 Å². The average Bonchev–Trinajstić information content (AvgIpc) is 2.92. The van der Waals surface area contributed by atoms with Gasteiger partial charge in [-0.25, -0.2) is 4.79 Å². The van der Waals surface area contributed by atoms with Crippen LogP contribution in [0.3, 0.4) is 0 Å². The van der Waals surface area contributed by atoms with Gasteiger partial charge < -0.3 is 27.0 Å². The summed E-state index contributed by atoms with van der Waals surface area (Å²) in [5, 5.41) is 11.5. The minimum Gasteiger partial charge on any atom is -0.359 e. The van der Waals surface area contributed by atoms with E-state index in [2.05, 4.69) is 33.1 Å². The van der Waals surface area contributed by atoms with Crippen molar-refractivity contribution in [1.82, 2.24) is 26.2 Å². The molecule has 0 unspecified atom stereocenters. The first-order chi connectivity index (χ1) is 11.0. The van der Waals surface area contributed by atoms with Gasteiger partial charge in [0.15, 0.2) is 0 Å². The first kappa shape index (κ1) is 19.7. The Hall–Kier alpha value is -1.38. The van der Waals surface area contributed by atoms with Crippen molar-refractivity contribution in [3.63, 3.8) is 0 Å². The Morgan fingerprint density at radius 3 is 2.65 bits per heavy atom. The maximum atomic E-state index is 11.5. The van der Waals surface area contributed by atoms with Gasteiger partial charge in [-0.05, 0) is 18.9 Å². The molecule has 1 heterocycles. The van der Waals surface area contributed by atoms with Crippen LogP contribution in [0.5, 0.6) is 0 Å². The number of carbonyl (C=O) groups is 2. The van der Waals surface area contributed by atoms with Gasteiger partial charge in [-0.2, -0.15) is 0 Å². The summed E-state index contributed by atoms with van der Waals surface area (Å²) in [4.78, 5) is 25.1. The molecule has 23 heavy (non-hydrogen) atoms. The number of likely N-dealkylation sites (tertiary alicyclic amines) is 1. The molecule has 3 amide bonds. The lowest BCUT2D eigenvalue weighted by Gasteiger charge is -2.27. The van der Waals surface area contributed by atoms with E-state index in [1.54, 1.807) is 14.1 Å². The minimum atomic E-state index is -0.143. The second-order valence-corrected chi connectivity index (χ2v) is 6.23. The van der Waals surface area contributed by atoms with Gasteiger partial charge in [-0.15, -0.1) is 0 Å². The van der Waals surface area contributed by atoms with E-state index in [1.807, 2.05) is 0 Å². The quantitative estimate of drug-likeness (QED) is 0.337. The maximum absolute atomic E-state index is 11.5. The Balaban J connectivity index is 2.46. The first-order valence-corrected chi connectivity index (χ1v) is 8.33. The minimum absolute atomic E-state index is 0.0386. The summed E-state index contributed by atoms with van der Waals surface area (Å²) in [6.45, 7) is 6.00. The Kier molecular flexibility index (Phi) is 8.90. The lowest BCUT2D eigenvalue weighted by molar-refractivity contribution is -0.120. The summed E-state index contributed by atoms with van der Waals surface area (Å²) in [5.74, 6) is 0.457. The highest BCUT2D eigenvalue weighted by Gasteiger charge is 2.32.